The topological polar surface area (TPSA) is 106 Å². The van der Waals surface area contributed by atoms with Gasteiger partial charge in [-0.2, -0.15) is 0 Å². The average molecular weight is 357 g/mol. The maximum atomic E-state index is 13.2. The first-order chi connectivity index (χ1) is 12.5. The van der Waals surface area contributed by atoms with E-state index in [1.54, 1.807) is 41.3 Å². The minimum Gasteiger partial charge on any atom is -0.357 e. The summed E-state index contributed by atoms with van der Waals surface area (Å²) in [6, 6.07) is 0.764. The Morgan fingerprint density at radius 3 is 2.65 bits per heavy atom. The molecule has 2 atom stereocenters. The van der Waals surface area contributed by atoms with E-state index in [2.05, 4.69) is 25.6 Å². The molecule has 0 radical (unpaired) electrons. The first kappa shape index (κ1) is 18.0. The zero-order chi connectivity index (χ0) is 18.7. The normalized spacial score (nSPS) is 18.2. The molecule has 3 rings (SSSR count). The summed E-state index contributed by atoms with van der Waals surface area (Å²) in [5.74, 6) is 0.199. The number of amides is 2. The highest BCUT2D eigenvalue weighted by Gasteiger charge is 2.39. The third-order valence-electron chi connectivity index (χ3n) is 4.56. The number of nitrogens with zero attached hydrogens (tertiary/aromatic N) is 6. The van der Waals surface area contributed by atoms with E-state index >= 15 is 0 Å². The van der Waals surface area contributed by atoms with Gasteiger partial charge in [0.25, 0.3) is 0 Å². The smallest absolute Gasteiger partial charge is 0.248 e. The van der Waals surface area contributed by atoms with Gasteiger partial charge in [0.15, 0.2) is 5.82 Å². The van der Waals surface area contributed by atoms with Crippen LogP contribution >= 0.6 is 0 Å². The second-order valence-electron chi connectivity index (χ2n) is 6.65. The number of likely N-dealkylation sites (N-methyl/N-ethyl adjacent to an activating group) is 1. The van der Waals surface area contributed by atoms with Crippen molar-refractivity contribution in [3.63, 3.8) is 0 Å². The number of hydrogen-bond acceptors (Lipinski definition) is 6. The van der Waals surface area contributed by atoms with Crippen LogP contribution in [0.25, 0.3) is 11.5 Å². The summed E-state index contributed by atoms with van der Waals surface area (Å²) in [5.41, 5.74) is 0.508. The summed E-state index contributed by atoms with van der Waals surface area (Å²) in [6.07, 6.45) is 6.43. The largest absolute Gasteiger partial charge is 0.357 e. The van der Waals surface area contributed by atoms with Crippen LogP contribution < -0.4 is 5.32 Å². The third kappa shape index (κ3) is 3.42. The number of likely N-dealkylation sites (tertiary alicyclic amines) is 1. The van der Waals surface area contributed by atoms with Gasteiger partial charge < -0.3 is 10.2 Å². The molecule has 0 aromatic carbocycles. The van der Waals surface area contributed by atoms with E-state index in [-0.39, 0.29) is 17.7 Å². The molecule has 0 spiro atoms. The van der Waals surface area contributed by atoms with Crippen molar-refractivity contribution < 1.29 is 9.59 Å². The summed E-state index contributed by atoms with van der Waals surface area (Å²) >= 11 is 0. The Kier molecular flexibility index (Phi) is 5.24. The predicted molar refractivity (Wildman–Crippen MR) is 93.7 cm³/mol. The Morgan fingerprint density at radius 2 is 2.00 bits per heavy atom. The van der Waals surface area contributed by atoms with Crippen LogP contribution in [0.5, 0.6) is 0 Å². The van der Waals surface area contributed by atoms with Crippen LogP contribution in [0.4, 0.5) is 0 Å². The van der Waals surface area contributed by atoms with Crippen molar-refractivity contribution in [2.45, 2.75) is 38.8 Å². The highest BCUT2D eigenvalue weighted by atomic mass is 16.2. The van der Waals surface area contributed by atoms with Gasteiger partial charge >= 0.3 is 0 Å². The Bertz CT molecular complexity index is 774. The molecule has 0 saturated carbocycles. The van der Waals surface area contributed by atoms with Crippen molar-refractivity contribution in [1.82, 2.24) is 35.2 Å². The lowest BCUT2D eigenvalue weighted by molar-refractivity contribution is -0.142. The molecular weight excluding hydrogens is 334 g/mol. The van der Waals surface area contributed by atoms with Gasteiger partial charge in [0.2, 0.25) is 11.8 Å². The van der Waals surface area contributed by atoms with E-state index in [4.69, 9.17) is 0 Å². The lowest BCUT2D eigenvalue weighted by Gasteiger charge is -2.29. The van der Waals surface area contributed by atoms with E-state index in [0.29, 0.717) is 24.5 Å². The van der Waals surface area contributed by atoms with Crippen LogP contribution in [0.15, 0.2) is 24.7 Å². The second kappa shape index (κ2) is 7.59. The van der Waals surface area contributed by atoms with Crippen molar-refractivity contribution in [2.75, 3.05) is 13.6 Å². The molecule has 1 aliphatic heterocycles. The maximum Gasteiger partial charge on any atom is 0.248 e. The van der Waals surface area contributed by atoms with Crippen LogP contribution in [0, 0.1) is 5.92 Å². The van der Waals surface area contributed by atoms with Crippen molar-refractivity contribution in [3.8, 4) is 11.5 Å². The average Bonchev–Trinajstić information content (AvgIpc) is 3.31. The molecule has 0 bridgehead atoms. The van der Waals surface area contributed by atoms with Crippen LogP contribution in [0.2, 0.25) is 0 Å². The zero-order valence-electron chi connectivity index (χ0n) is 15.2. The fourth-order valence-corrected chi connectivity index (χ4v) is 3.29. The molecule has 1 fully saturated rings. The number of carbonyl (C=O) groups excluding carboxylic acids is 2. The molecule has 2 amide bonds. The molecule has 1 aliphatic rings. The van der Waals surface area contributed by atoms with Gasteiger partial charge in [0.1, 0.15) is 17.8 Å². The van der Waals surface area contributed by atoms with Gasteiger partial charge in [0, 0.05) is 26.0 Å². The zero-order valence-corrected chi connectivity index (χ0v) is 15.2. The van der Waals surface area contributed by atoms with Gasteiger partial charge in [-0.25, -0.2) is 14.6 Å². The highest BCUT2D eigenvalue weighted by molar-refractivity contribution is 5.89. The summed E-state index contributed by atoms with van der Waals surface area (Å²) in [4.78, 5) is 35.3. The van der Waals surface area contributed by atoms with Gasteiger partial charge in [-0.15, -0.1) is 5.10 Å². The molecule has 138 valence electrons. The molecule has 3 heterocycles. The molecule has 2 aromatic heterocycles. The second-order valence-corrected chi connectivity index (χ2v) is 6.65. The van der Waals surface area contributed by atoms with Gasteiger partial charge in [-0.1, -0.05) is 19.1 Å². The van der Waals surface area contributed by atoms with Gasteiger partial charge in [0.05, 0.1) is 6.20 Å². The maximum absolute atomic E-state index is 13.2. The Hall–Kier alpha value is -2.84. The third-order valence-corrected chi connectivity index (χ3v) is 4.56. The van der Waals surface area contributed by atoms with Gasteiger partial charge in [-0.3, -0.25) is 9.59 Å². The Morgan fingerprint density at radius 1 is 1.27 bits per heavy atom. The minimum atomic E-state index is -0.537. The number of carbonyl (C=O) groups is 2. The van der Waals surface area contributed by atoms with Crippen molar-refractivity contribution >= 4 is 11.8 Å². The van der Waals surface area contributed by atoms with E-state index < -0.39 is 12.1 Å². The van der Waals surface area contributed by atoms with Crippen LogP contribution in [-0.4, -0.2) is 61.3 Å². The standard InChI is InChI=1S/C17H23N7O2/c1-11(2)14(17(26)23-9-4-6-13(23)16(25)18-3)24-10-12(21-22-24)15-19-7-5-8-20-15/h5,7-8,10-11,13-14H,4,6,9H2,1-3H3,(H,18,25)/t13-,14-/m0/s1. The van der Waals surface area contributed by atoms with Gasteiger partial charge in [-0.05, 0) is 24.8 Å². The fraction of sp³-hybridized carbons (Fsp3) is 0.529. The highest BCUT2D eigenvalue weighted by Crippen LogP contribution is 2.26. The monoisotopic (exact) mass is 357 g/mol. The first-order valence-electron chi connectivity index (χ1n) is 8.74. The SMILES string of the molecule is CNC(=O)[C@@H]1CCCN1C(=O)[C@H](C(C)C)n1cc(-c2ncccn2)nn1. The minimum absolute atomic E-state index is 0.0142. The lowest BCUT2D eigenvalue weighted by Crippen LogP contribution is -2.48. The molecule has 1 saturated heterocycles. The molecule has 26 heavy (non-hydrogen) atoms. The van der Waals surface area contributed by atoms with Crippen molar-refractivity contribution in [2.24, 2.45) is 5.92 Å². The number of nitrogens with one attached hydrogen (secondary N) is 1. The summed E-state index contributed by atoms with van der Waals surface area (Å²) in [6.45, 7) is 4.48. The van der Waals surface area contributed by atoms with E-state index in [1.165, 1.54) is 0 Å². The van der Waals surface area contributed by atoms with Crippen molar-refractivity contribution in [3.05, 3.63) is 24.7 Å². The summed E-state index contributed by atoms with van der Waals surface area (Å²) in [7, 11) is 1.59. The van der Waals surface area contributed by atoms with Crippen LogP contribution in [-0.2, 0) is 9.59 Å². The van der Waals surface area contributed by atoms with E-state index in [1.807, 2.05) is 13.8 Å². The van der Waals surface area contributed by atoms with E-state index in [9.17, 15) is 9.59 Å². The molecule has 9 heteroatoms. The Labute approximate surface area is 151 Å². The predicted octanol–water partition coefficient (Wildman–Crippen LogP) is 0.669. The van der Waals surface area contributed by atoms with Crippen LogP contribution in [0.1, 0.15) is 32.7 Å². The van der Waals surface area contributed by atoms with E-state index in [0.717, 1.165) is 6.42 Å². The first-order valence-corrected chi connectivity index (χ1v) is 8.74. The summed E-state index contributed by atoms with van der Waals surface area (Å²) in [5, 5.41) is 10.9. The number of rotatable bonds is 5. The fourth-order valence-electron chi connectivity index (χ4n) is 3.29. The molecule has 9 nitrogen and oxygen atoms in total. The van der Waals surface area contributed by atoms with Crippen molar-refractivity contribution in [1.29, 1.82) is 0 Å². The quantitative estimate of drug-likeness (QED) is 0.843. The molecular formula is C17H23N7O2. The number of hydrogen-bond donors (Lipinski definition) is 1. The summed E-state index contributed by atoms with van der Waals surface area (Å²) < 4.78 is 1.55. The Balaban J connectivity index is 1.87. The van der Waals surface area contributed by atoms with Crippen LogP contribution in [0.3, 0.4) is 0 Å². The molecule has 2 aromatic rings. The molecule has 0 unspecified atom stereocenters. The molecule has 1 N–H and O–H groups in total. The molecule has 0 aliphatic carbocycles. The number of aromatic nitrogens is 5. The lowest BCUT2D eigenvalue weighted by atomic mass is 10.0.